The highest BCUT2D eigenvalue weighted by atomic mass is 32.1. The number of ether oxygens (including phenoxy) is 1. The van der Waals surface area contributed by atoms with Gasteiger partial charge in [-0.05, 0) is 6.92 Å². The van der Waals surface area contributed by atoms with Crippen LogP contribution in [0.1, 0.15) is 16.6 Å². The molecular formula is C10H11NO2S. The Morgan fingerprint density at radius 3 is 3.00 bits per heavy atom. The number of amides is 1. The molecule has 0 bridgehead atoms. The maximum Gasteiger partial charge on any atom is 0.262 e. The molecule has 0 fully saturated rings. The second-order valence-corrected chi connectivity index (χ2v) is 3.62. The number of methoxy groups -OCH3 is 1. The van der Waals surface area contributed by atoms with Crippen LogP contribution in [-0.4, -0.2) is 19.1 Å². The van der Waals surface area contributed by atoms with E-state index in [0.29, 0.717) is 10.6 Å². The van der Waals surface area contributed by atoms with Crippen LogP contribution in [0, 0.1) is 12.3 Å². The van der Waals surface area contributed by atoms with E-state index in [0.717, 1.165) is 0 Å². The van der Waals surface area contributed by atoms with Crippen molar-refractivity contribution in [3.63, 3.8) is 0 Å². The normalized spacial score (nSPS) is 11.5. The molecule has 4 heteroatoms. The third-order valence-corrected chi connectivity index (χ3v) is 2.54. The summed E-state index contributed by atoms with van der Waals surface area (Å²) in [7, 11) is 1.56. The SMILES string of the molecule is C#CC(C)NC(=O)c1cc(OC)cs1. The standard InChI is InChI=1S/C10H11NO2S/c1-4-7(2)11-10(12)9-5-8(13-3)6-14-9/h1,5-7H,2-3H3,(H,11,12). The van der Waals surface area contributed by atoms with E-state index in [2.05, 4.69) is 11.2 Å². The Balaban J connectivity index is 2.66. The molecule has 0 aliphatic heterocycles. The molecule has 14 heavy (non-hydrogen) atoms. The first-order valence-corrected chi connectivity index (χ1v) is 4.95. The smallest absolute Gasteiger partial charge is 0.262 e. The molecule has 1 rings (SSSR count). The Kier molecular flexibility index (Phi) is 3.55. The number of hydrogen-bond donors (Lipinski definition) is 1. The number of thiophene rings is 1. The minimum Gasteiger partial charge on any atom is -0.496 e. The van der Waals surface area contributed by atoms with Crippen LogP contribution in [0.3, 0.4) is 0 Å². The van der Waals surface area contributed by atoms with E-state index >= 15 is 0 Å². The van der Waals surface area contributed by atoms with E-state index in [4.69, 9.17) is 11.2 Å². The summed E-state index contributed by atoms with van der Waals surface area (Å²) in [5, 5.41) is 4.44. The third kappa shape index (κ3) is 2.51. The molecule has 0 aliphatic rings. The summed E-state index contributed by atoms with van der Waals surface area (Å²) in [5.41, 5.74) is 0. The molecule has 1 aromatic rings. The van der Waals surface area contributed by atoms with Crippen LogP contribution in [0.15, 0.2) is 11.4 Å². The van der Waals surface area contributed by atoms with Gasteiger partial charge in [0, 0.05) is 11.4 Å². The predicted octanol–water partition coefficient (Wildman–Crippen LogP) is 1.51. The summed E-state index contributed by atoms with van der Waals surface area (Å²) >= 11 is 1.33. The van der Waals surface area contributed by atoms with Crippen molar-refractivity contribution in [1.82, 2.24) is 5.32 Å². The highest BCUT2D eigenvalue weighted by Gasteiger charge is 2.10. The zero-order chi connectivity index (χ0) is 10.6. The van der Waals surface area contributed by atoms with Gasteiger partial charge in [-0.2, -0.15) is 0 Å². The fourth-order valence-corrected chi connectivity index (χ4v) is 1.61. The quantitative estimate of drug-likeness (QED) is 0.766. The first-order chi connectivity index (χ1) is 6.67. The first-order valence-electron chi connectivity index (χ1n) is 4.07. The second-order valence-electron chi connectivity index (χ2n) is 2.71. The van der Waals surface area contributed by atoms with Crippen molar-refractivity contribution in [2.45, 2.75) is 13.0 Å². The Hall–Kier alpha value is -1.47. The van der Waals surface area contributed by atoms with E-state index < -0.39 is 0 Å². The number of carbonyl (C=O) groups excluding carboxylic acids is 1. The number of hydrogen-bond acceptors (Lipinski definition) is 3. The lowest BCUT2D eigenvalue weighted by Crippen LogP contribution is -2.30. The van der Waals surface area contributed by atoms with E-state index in [-0.39, 0.29) is 11.9 Å². The molecule has 1 amide bonds. The van der Waals surface area contributed by atoms with Gasteiger partial charge >= 0.3 is 0 Å². The van der Waals surface area contributed by atoms with E-state index in [1.54, 1.807) is 25.5 Å². The molecule has 0 radical (unpaired) electrons. The molecule has 1 heterocycles. The van der Waals surface area contributed by atoms with Crippen LogP contribution in [0.5, 0.6) is 5.75 Å². The van der Waals surface area contributed by atoms with E-state index in [1.165, 1.54) is 11.3 Å². The van der Waals surface area contributed by atoms with Gasteiger partial charge in [-0.15, -0.1) is 17.8 Å². The summed E-state index contributed by atoms with van der Waals surface area (Å²) in [4.78, 5) is 12.1. The Morgan fingerprint density at radius 2 is 2.50 bits per heavy atom. The molecule has 1 N–H and O–H groups in total. The van der Waals surface area contributed by atoms with Crippen molar-refractivity contribution in [1.29, 1.82) is 0 Å². The van der Waals surface area contributed by atoms with Gasteiger partial charge in [0.25, 0.3) is 5.91 Å². The van der Waals surface area contributed by atoms with Crippen molar-refractivity contribution < 1.29 is 9.53 Å². The van der Waals surface area contributed by atoms with Crippen LogP contribution >= 0.6 is 11.3 Å². The molecule has 0 aliphatic carbocycles. The average Bonchev–Trinajstić information content (AvgIpc) is 2.65. The summed E-state index contributed by atoms with van der Waals surface area (Å²) in [6, 6.07) is 1.43. The van der Waals surface area contributed by atoms with Gasteiger partial charge in [-0.25, -0.2) is 0 Å². The lowest BCUT2D eigenvalue weighted by molar-refractivity contribution is 0.0952. The Bertz CT molecular complexity index is 364. The number of rotatable bonds is 3. The van der Waals surface area contributed by atoms with E-state index in [1.807, 2.05) is 0 Å². The van der Waals surface area contributed by atoms with Crippen LogP contribution in [0.25, 0.3) is 0 Å². The van der Waals surface area contributed by atoms with Crippen molar-refractivity contribution >= 4 is 17.2 Å². The van der Waals surface area contributed by atoms with Gasteiger partial charge in [-0.1, -0.05) is 5.92 Å². The molecule has 0 saturated heterocycles. The van der Waals surface area contributed by atoms with Crippen LogP contribution in [0.2, 0.25) is 0 Å². The molecule has 1 atom stereocenters. The van der Waals surface area contributed by atoms with Gasteiger partial charge in [0.05, 0.1) is 18.0 Å². The largest absolute Gasteiger partial charge is 0.496 e. The topological polar surface area (TPSA) is 38.3 Å². The molecular weight excluding hydrogens is 198 g/mol. The van der Waals surface area contributed by atoms with Crippen molar-refractivity contribution in [2.75, 3.05) is 7.11 Å². The van der Waals surface area contributed by atoms with Gasteiger partial charge in [0.1, 0.15) is 5.75 Å². The number of nitrogens with one attached hydrogen (secondary N) is 1. The van der Waals surface area contributed by atoms with Crippen LogP contribution in [0.4, 0.5) is 0 Å². The third-order valence-electron chi connectivity index (χ3n) is 1.63. The molecule has 0 spiro atoms. The first kappa shape index (κ1) is 10.6. The molecule has 3 nitrogen and oxygen atoms in total. The van der Waals surface area contributed by atoms with Gasteiger partial charge in [0.2, 0.25) is 0 Å². The highest BCUT2D eigenvalue weighted by molar-refractivity contribution is 7.12. The Morgan fingerprint density at radius 1 is 1.79 bits per heavy atom. The zero-order valence-corrected chi connectivity index (χ0v) is 8.85. The summed E-state index contributed by atoms with van der Waals surface area (Å²) in [6.45, 7) is 1.75. The molecule has 74 valence electrons. The van der Waals surface area contributed by atoms with Gasteiger partial charge < -0.3 is 10.1 Å². The Labute approximate surface area is 87.1 Å². The van der Waals surface area contributed by atoms with Crippen molar-refractivity contribution in [3.8, 4) is 18.1 Å². The van der Waals surface area contributed by atoms with E-state index in [9.17, 15) is 4.79 Å². The summed E-state index contributed by atoms with van der Waals surface area (Å²) < 4.78 is 4.97. The fraction of sp³-hybridized carbons (Fsp3) is 0.300. The van der Waals surface area contributed by atoms with Crippen LogP contribution < -0.4 is 10.1 Å². The minimum atomic E-state index is -0.254. The number of carbonyl (C=O) groups is 1. The van der Waals surface area contributed by atoms with Gasteiger partial charge in [-0.3, -0.25) is 4.79 Å². The maximum absolute atomic E-state index is 11.5. The predicted molar refractivity (Wildman–Crippen MR) is 56.6 cm³/mol. The lowest BCUT2D eigenvalue weighted by Gasteiger charge is -2.04. The molecule has 1 unspecified atom stereocenters. The average molecular weight is 209 g/mol. The summed E-state index contributed by atoms with van der Waals surface area (Å²) in [6.07, 6.45) is 5.14. The molecule has 0 aromatic carbocycles. The monoisotopic (exact) mass is 209 g/mol. The minimum absolute atomic E-state index is 0.163. The van der Waals surface area contributed by atoms with Crippen molar-refractivity contribution in [3.05, 3.63) is 16.3 Å². The zero-order valence-electron chi connectivity index (χ0n) is 8.03. The molecule has 0 saturated carbocycles. The summed E-state index contributed by atoms with van der Waals surface area (Å²) in [5.74, 6) is 2.95. The van der Waals surface area contributed by atoms with Crippen LogP contribution in [-0.2, 0) is 0 Å². The highest BCUT2D eigenvalue weighted by Crippen LogP contribution is 2.20. The fourth-order valence-electron chi connectivity index (χ4n) is 0.854. The maximum atomic E-state index is 11.5. The second kappa shape index (κ2) is 4.68. The number of terminal acetylenes is 1. The lowest BCUT2D eigenvalue weighted by atomic mass is 10.3. The van der Waals surface area contributed by atoms with Crippen molar-refractivity contribution in [2.24, 2.45) is 0 Å². The molecule has 1 aromatic heterocycles. The van der Waals surface area contributed by atoms with Gasteiger partial charge in [0.15, 0.2) is 0 Å².